The zero-order valence-corrected chi connectivity index (χ0v) is 21.2. The number of hydrogen-bond acceptors (Lipinski definition) is 7. The van der Waals surface area contributed by atoms with Gasteiger partial charge in [0.2, 0.25) is 0 Å². The van der Waals surface area contributed by atoms with Gasteiger partial charge in [-0.3, -0.25) is 14.8 Å². The summed E-state index contributed by atoms with van der Waals surface area (Å²) in [6.07, 6.45) is 4.12. The Morgan fingerprint density at radius 3 is 2.59 bits per heavy atom. The molecule has 2 unspecified atom stereocenters. The van der Waals surface area contributed by atoms with Crippen LogP contribution in [0.4, 0.5) is 4.79 Å². The van der Waals surface area contributed by atoms with E-state index in [1.807, 2.05) is 36.4 Å². The highest BCUT2D eigenvalue weighted by Crippen LogP contribution is 2.31. The first-order chi connectivity index (χ1) is 19.0. The van der Waals surface area contributed by atoms with Gasteiger partial charge in [0, 0.05) is 18.1 Å². The van der Waals surface area contributed by atoms with Gasteiger partial charge in [-0.05, 0) is 65.9 Å². The highest BCUT2D eigenvalue weighted by molar-refractivity contribution is 6.09. The lowest BCUT2D eigenvalue weighted by molar-refractivity contribution is -0.148. The Balaban J connectivity index is 1.45. The van der Waals surface area contributed by atoms with Crippen LogP contribution in [0.15, 0.2) is 84.1 Å². The molecule has 0 fully saturated rings. The molecule has 9 nitrogen and oxygen atoms in total. The standard InChI is InChI=1S/C30H25N5O4/c1-38-23-7-3-4-19(15-23)8-10-25-27(29(36)39-18-21-6-2-5-20(14-21)17-31)28(35-30(37)34-25)22-9-11-24-26(16-22)33-13-12-32-24/h2-7,9,11-16,27-28H,8,10,18H2,1H3,(H,35,37). The number of nitriles is 1. The number of nitrogens with zero attached hydrogens (tertiary/aromatic N) is 4. The molecule has 39 heavy (non-hydrogen) atoms. The largest absolute Gasteiger partial charge is 0.497 e. The second-order valence-corrected chi connectivity index (χ2v) is 9.08. The van der Waals surface area contributed by atoms with Gasteiger partial charge in [-0.1, -0.05) is 30.3 Å². The molecule has 0 radical (unpaired) electrons. The Kier molecular flexibility index (Phi) is 7.55. The summed E-state index contributed by atoms with van der Waals surface area (Å²) >= 11 is 0. The molecular weight excluding hydrogens is 494 g/mol. The van der Waals surface area contributed by atoms with E-state index in [0.29, 0.717) is 46.3 Å². The minimum absolute atomic E-state index is 0.0160. The van der Waals surface area contributed by atoms with Crippen molar-refractivity contribution in [3.63, 3.8) is 0 Å². The van der Waals surface area contributed by atoms with Gasteiger partial charge < -0.3 is 14.8 Å². The number of urea groups is 1. The van der Waals surface area contributed by atoms with E-state index in [0.717, 1.165) is 11.3 Å². The van der Waals surface area contributed by atoms with Crippen LogP contribution in [0.1, 0.15) is 34.7 Å². The number of benzene rings is 3. The first kappa shape index (κ1) is 25.5. The van der Waals surface area contributed by atoms with Crippen LogP contribution in [0.5, 0.6) is 5.75 Å². The summed E-state index contributed by atoms with van der Waals surface area (Å²) in [5.41, 5.74) is 4.62. The molecule has 1 aliphatic heterocycles. The van der Waals surface area contributed by atoms with E-state index in [1.54, 1.807) is 49.8 Å². The number of aryl methyl sites for hydroxylation is 1. The van der Waals surface area contributed by atoms with Gasteiger partial charge in [0.15, 0.2) is 0 Å². The SMILES string of the molecule is COc1cccc(CCC2=NC(=O)NC(c3ccc4nccnc4c3)C2C(=O)OCc2cccc(C#N)c2)c1. The molecule has 2 heterocycles. The summed E-state index contributed by atoms with van der Waals surface area (Å²) in [5.74, 6) is -0.658. The van der Waals surface area contributed by atoms with Crippen LogP contribution in [0, 0.1) is 17.2 Å². The Hall–Kier alpha value is -5.10. The van der Waals surface area contributed by atoms with Gasteiger partial charge in [-0.2, -0.15) is 5.26 Å². The zero-order chi connectivity index (χ0) is 27.2. The molecule has 0 aliphatic carbocycles. The second-order valence-electron chi connectivity index (χ2n) is 9.08. The number of rotatable bonds is 8. The lowest BCUT2D eigenvalue weighted by Crippen LogP contribution is -2.45. The number of aliphatic imine (C=N–C) groups is 1. The summed E-state index contributed by atoms with van der Waals surface area (Å²) < 4.78 is 11.1. The minimum atomic E-state index is -0.860. The number of amides is 2. The molecule has 2 amide bonds. The molecule has 0 bridgehead atoms. The number of aromatic nitrogens is 2. The van der Waals surface area contributed by atoms with Gasteiger partial charge in [-0.25, -0.2) is 9.79 Å². The summed E-state index contributed by atoms with van der Waals surface area (Å²) in [5, 5.41) is 12.0. The van der Waals surface area contributed by atoms with E-state index in [9.17, 15) is 14.9 Å². The smallest absolute Gasteiger partial charge is 0.341 e. The highest BCUT2D eigenvalue weighted by atomic mass is 16.5. The Labute approximate surface area is 225 Å². The number of hydrogen-bond donors (Lipinski definition) is 1. The fraction of sp³-hybridized carbons (Fsp3) is 0.200. The van der Waals surface area contributed by atoms with Crippen molar-refractivity contribution in [1.29, 1.82) is 5.26 Å². The molecule has 0 spiro atoms. The van der Waals surface area contributed by atoms with Crippen molar-refractivity contribution >= 4 is 28.7 Å². The number of ether oxygens (including phenoxy) is 2. The fourth-order valence-electron chi connectivity index (χ4n) is 4.65. The Morgan fingerprint density at radius 2 is 1.77 bits per heavy atom. The highest BCUT2D eigenvalue weighted by Gasteiger charge is 2.39. The molecule has 5 rings (SSSR count). The van der Waals surface area contributed by atoms with E-state index in [-0.39, 0.29) is 6.61 Å². The van der Waals surface area contributed by atoms with Gasteiger partial charge in [0.05, 0.1) is 35.8 Å². The van der Waals surface area contributed by atoms with Crippen LogP contribution in [0.2, 0.25) is 0 Å². The third-order valence-electron chi connectivity index (χ3n) is 6.56. The number of carbonyl (C=O) groups excluding carboxylic acids is 2. The van der Waals surface area contributed by atoms with Gasteiger partial charge in [0.25, 0.3) is 0 Å². The maximum absolute atomic E-state index is 13.6. The zero-order valence-electron chi connectivity index (χ0n) is 21.2. The first-order valence-electron chi connectivity index (χ1n) is 12.4. The normalized spacial score (nSPS) is 16.6. The van der Waals surface area contributed by atoms with Crippen molar-refractivity contribution in [2.24, 2.45) is 10.9 Å². The van der Waals surface area contributed by atoms with Crippen LogP contribution in [-0.2, 0) is 22.6 Å². The molecule has 1 aromatic heterocycles. The van der Waals surface area contributed by atoms with Gasteiger partial charge in [-0.15, -0.1) is 0 Å². The van der Waals surface area contributed by atoms with Crippen molar-refractivity contribution in [2.45, 2.75) is 25.5 Å². The van der Waals surface area contributed by atoms with E-state index >= 15 is 0 Å². The number of carbonyl (C=O) groups is 2. The monoisotopic (exact) mass is 519 g/mol. The van der Waals surface area contributed by atoms with Crippen LogP contribution in [-0.4, -0.2) is 34.8 Å². The van der Waals surface area contributed by atoms with E-state index in [4.69, 9.17) is 9.47 Å². The van der Waals surface area contributed by atoms with Gasteiger partial charge in [0.1, 0.15) is 18.3 Å². The third-order valence-corrected chi connectivity index (χ3v) is 6.56. The molecular formula is C30H25N5O4. The van der Waals surface area contributed by atoms with Crippen molar-refractivity contribution in [1.82, 2.24) is 15.3 Å². The number of fused-ring (bicyclic) bond motifs is 1. The maximum Gasteiger partial charge on any atom is 0.341 e. The minimum Gasteiger partial charge on any atom is -0.497 e. The van der Waals surface area contributed by atoms with E-state index < -0.39 is 24.0 Å². The molecule has 1 aliphatic rings. The summed E-state index contributed by atoms with van der Waals surface area (Å²) in [4.78, 5) is 39.3. The van der Waals surface area contributed by atoms with Crippen LogP contribution >= 0.6 is 0 Å². The topological polar surface area (TPSA) is 127 Å². The lowest BCUT2D eigenvalue weighted by Gasteiger charge is -2.31. The van der Waals surface area contributed by atoms with Crippen molar-refractivity contribution in [3.8, 4) is 11.8 Å². The predicted molar refractivity (Wildman–Crippen MR) is 144 cm³/mol. The predicted octanol–water partition coefficient (Wildman–Crippen LogP) is 4.71. The molecule has 0 saturated carbocycles. The Morgan fingerprint density at radius 1 is 0.974 bits per heavy atom. The molecule has 0 saturated heterocycles. The fourth-order valence-corrected chi connectivity index (χ4v) is 4.65. The average molecular weight is 520 g/mol. The average Bonchev–Trinajstić information content (AvgIpc) is 2.98. The first-order valence-corrected chi connectivity index (χ1v) is 12.4. The third kappa shape index (κ3) is 5.91. The van der Waals surface area contributed by atoms with E-state index in [2.05, 4.69) is 26.3 Å². The van der Waals surface area contributed by atoms with Crippen LogP contribution in [0.25, 0.3) is 11.0 Å². The summed E-state index contributed by atoms with van der Waals surface area (Å²) in [6, 6.07) is 20.8. The molecule has 194 valence electrons. The molecule has 2 atom stereocenters. The number of esters is 1. The molecule has 4 aromatic rings. The number of nitrogens with one attached hydrogen (secondary N) is 1. The van der Waals surface area contributed by atoms with Crippen molar-refractivity contribution in [2.75, 3.05) is 7.11 Å². The second kappa shape index (κ2) is 11.5. The molecule has 9 heteroatoms. The summed E-state index contributed by atoms with van der Waals surface area (Å²) in [6.45, 7) is -0.0160. The molecule has 3 aromatic carbocycles. The van der Waals surface area contributed by atoms with Crippen molar-refractivity contribution < 1.29 is 19.1 Å². The molecule has 1 N–H and O–H groups in total. The van der Waals surface area contributed by atoms with Gasteiger partial charge >= 0.3 is 12.0 Å². The Bertz CT molecular complexity index is 1610. The number of methoxy groups -OCH3 is 1. The summed E-state index contributed by atoms with van der Waals surface area (Å²) in [7, 11) is 1.60. The van der Waals surface area contributed by atoms with Crippen molar-refractivity contribution in [3.05, 3.63) is 101 Å². The van der Waals surface area contributed by atoms with E-state index in [1.165, 1.54) is 0 Å². The quantitative estimate of drug-likeness (QED) is 0.334. The lowest BCUT2D eigenvalue weighted by atomic mass is 9.85. The van der Waals surface area contributed by atoms with Crippen LogP contribution < -0.4 is 10.1 Å². The van der Waals surface area contributed by atoms with Crippen LogP contribution in [0.3, 0.4) is 0 Å². The maximum atomic E-state index is 13.6.